The van der Waals surface area contributed by atoms with Crippen LogP contribution in [0.5, 0.6) is 0 Å². The van der Waals surface area contributed by atoms with E-state index in [1.165, 1.54) is 32.1 Å². The van der Waals surface area contributed by atoms with Crippen LogP contribution in [0.4, 0.5) is 5.82 Å². The smallest absolute Gasteiger partial charge is 0.163 e. The second kappa shape index (κ2) is 6.64. The number of nitrogens with one attached hydrogen (secondary N) is 1. The van der Waals surface area contributed by atoms with Crippen LogP contribution in [0.3, 0.4) is 0 Å². The molecule has 0 amide bonds. The van der Waals surface area contributed by atoms with Gasteiger partial charge in [-0.05, 0) is 12.8 Å². The highest BCUT2D eigenvalue weighted by Gasteiger charge is 2.38. The normalized spacial score (nSPS) is 21.9. The van der Waals surface area contributed by atoms with Crippen LogP contribution in [0.25, 0.3) is 11.0 Å². The number of anilines is 1. The van der Waals surface area contributed by atoms with Gasteiger partial charge in [-0.25, -0.2) is 9.97 Å². The molecule has 0 bridgehead atoms. The molecule has 1 aliphatic carbocycles. The summed E-state index contributed by atoms with van der Waals surface area (Å²) < 4.78 is 7.36. The standard InChI is InChI=1S/C17H26N6O/c1-22-16-14(11-21-22)15(19-13-20-16)18-12-17(5-3-2-4-6-17)23-7-9-24-10-8-23/h11,13H,2-10,12H2,1H3,(H,18,19,20). The molecule has 7 nitrogen and oxygen atoms in total. The Balaban J connectivity index is 1.56. The average Bonchev–Trinajstić information content (AvgIpc) is 3.03. The number of nitrogens with zero attached hydrogens (tertiary/aromatic N) is 5. The van der Waals surface area contributed by atoms with Gasteiger partial charge in [0.1, 0.15) is 12.1 Å². The third-order valence-electron chi connectivity index (χ3n) is 5.58. The van der Waals surface area contributed by atoms with E-state index >= 15 is 0 Å². The van der Waals surface area contributed by atoms with Gasteiger partial charge in [-0.2, -0.15) is 5.10 Å². The Hall–Kier alpha value is -1.73. The maximum absolute atomic E-state index is 5.57. The number of aryl methyl sites for hydroxylation is 1. The molecular formula is C17H26N6O. The van der Waals surface area contributed by atoms with Crippen LogP contribution in [0.1, 0.15) is 32.1 Å². The maximum Gasteiger partial charge on any atom is 0.163 e. The summed E-state index contributed by atoms with van der Waals surface area (Å²) in [6.45, 7) is 4.69. The van der Waals surface area contributed by atoms with Crippen molar-refractivity contribution in [3.8, 4) is 0 Å². The van der Waals surface area contributed by atoms with Gasteiger partial charge in [0.15, 0.2) is 5.65 Å². The lowest BCUT2D eigenvalue weighted by atomic mass is 9.79. The fourth-order valence-electron chi connectivity index (χ4n) is 4.20. The number of rotatable bonds is 4. The first-order valence-electron chi connectivity index (χ1n) is 8.98. The summed E-state index contributed by atoms with van der Waals surface area (Å²) >= 11 is 0. The zero-order valence-corrected chi connectivity index (χ0v) is 14.4. The molecule has 0 unspecified atom stereocenters. The van der Waals surface area contributed by atoms with E-state index in [0.717, 1.165) is 49.7 Å². The van der Waals surface area contributed by atoms with Crippen molar-refractivity contribution in [3.63, 3.8) is 0 Å². The fraction of sp³-hybridized carbons (Fsp3) is 0.706. The lowest BCUT2D eigenvalue weighted by Crippen LogP contribution is -2.58. The molecule has 1 aliphatic heterocycles. The molecule has 2 aromatic heterocycles. The molecule has 0 spiro atoms. The van der Waals surface area contributed by atoms with E-state index in [4.69, 9.17) is 4.74 Å². The summed E-state index contributed by atoms with van der Waals surface area (Å²) in [4.78, 5) is 11.4. The Morgan fingerprint density at radius 2 is 1.96 bits per heavy atom. The van der Waals surface area contributed by atoms with Gasteiger partial charge in [0.05, 0.1) is 24.8 Å². The summed E-state index contributed by atoms with van der Waals surface area (Å²) in [5, 5.41) is 8.92. The highest BCUT2D eigenvalue weighted by molar-refractivity contribution is 5.85. The number of hydrogen-bond acceptors (Lipinski definition) is 6. The summed E-state index contributed by atoms with van der Waals surface area (Å²) in [6.07, 6.45) is 9.94. The molecule has 1 N–H and O–H groups in total. The quantitative estimate of drug-likeness (QED) is 0.922. The Morgan fingerprint density at radius 1 is 1.17 bits per heavy atom. The lowest BCUT2D eigenvalue weighted by molar-refractivity contribution is -0.0318. The molecule has 1 saturated heterocycles. The SMILES string of the molecule is Cn1ncc2c(NCC3(N4CCOCC4)CCCCC3)ncnc21. The van der Waals surface area contributed by atoms with Gasteiger partial charge in [-0.3, -0.25) is 9.58 Å². The first kappa shape index (κ1) is 15.8. The van der Waals surface area contributed by atoms with Gasteiger partial charge in [0.2, 0.25) is 0 Å². The van der Waals surface area contributed by atoms with Gasteiger partial charge in [0.25, 0.3) is 0 Å². The van der Waals surface area contributed by atoms with Gasteiger partial charge in [-0.15, -0.1) is 0 Å². The van der Waals surface area contributed by atoms with Crippen molar-refractivity contribution in [2.45, 2.75) is 37.6 Å². The Kier molecular flexibility index (Phi) is 4.37. The lowest BCUT2D eigenvalue weighted by Gasteiger charge is -2.48. The Morgan fingerprint density at radius 3 is 2.75 bits per heavy atom. The number of aromatic nitrogens is 4. The minimum Gasteiger partial charge on any atom is -0.379 e. The van der Waals surface area contributed by atoms with Crippen molar-refractivity contribution in [1.82, 2.24) is 24.6 Å². The molecule has 0 radical (unpaired) electrons. The van der Waals surface area contributed by atoms with Crippen LogP contribution < -0.4 is 5.32 Å². The minimum atomic E-state index is 0.224. The number of fused-ring (bicyclic) bond motifs is 1. The number of morpholine rings is 1. The molecule has 0 aromatic carbocycles. The van der Waals surface area contributed by atoms with Gasteiger partial charge < -0.3 is 10.1 Å². The van der Waals surface area contributed by atoms with E-state index in [2.05, 4.69) is 25.3 Å². The van der Waals surface area contributed by atoms with Crippen LogP contribution in [0, 0.1) is 0 Å². The summed E-state index contributed by atoms with van der Waals surface area (Å²) in [6, 6.07) is 0. The first-order chi connectivity index (χ1) is 11.8. The van der Waals surface area contributed by atoms with Crippen LogP contribution in [-0.2, 0) is 11.8 Å². The van der Waals surface area contributed by atoms with E-state index in [1.54, 1.807) is 11.0 Å². The van der Waals surface area contributed by atoms with E-state index < -0.39 is 0 Å². The Labute approximate surface area is 142 Å². The van der Waals surface area contributed by atoms with Crippen molar-refractivity contribution in [1.29, 1.82) is 0 Å². The average molecular weight is 330 g/mol. The van der Waals surface area contributed by atoms with Crippen LogP contribution >= 0.6 is 0 Å². The van der Waals surface area contributed by atoms with Crippen molar-refractivity contribution >= 4 is 16.9 Å². The van der Waals surface area contributed by atoms with Crippen molar-refractivity contribution in [3.05, 3.63) is 12.5 Å². The molecule has 1 saturated carbocycles. The van der Waals surface area contributed by atoms with Crippen molar-refractivity contribution < 1.29 is 4.74 Å². The molecule has 3 heterocycles. The van der Waals surface area contributed by atoms with Gasteiger partial charge in [-0.1, -0.05) is 19.3 Å². The number of hydrogen-bond donors (Lipinski definition) is 1. The van der Waals surface area contributed by atoms with E-state index in [0.29, 0.717) is 0 Å². The molecule has 130 valence electrons. The third-order valence-corrected chi connectivity index (χ3v) is 5.58. The topological polar surface area (TPSA) is 68.1 Å². The fourth-order valence-corrected chi connectivity index (χ4v) is 4.20. The number of ether oxygens (including phenoxy) is 1. The molecule has 24 heavy (non-hydrogen) atoms. The molecule has 2 fully saturated rings. The van der Waals surface area contributed by atoms with Crippen LogP contribution in [0.15, 0.2) is 12.5 Å². The summed E-state index contributed by atoms with van der Waals surface area (Å²) in [5.74, 6) is 0.895. The summed E-state index contributed by atoms with van der Waals surface area (Å²) in [7, 11) is 1.91. The van der Waals surface area contributed by atoms with E-state index in [9.17, 15) is 0 Å². The second-order valence-corrected chi connectivity index (χ2v) is 6.97. The Bertz CT molecular complexity index is 687. The van der Waals surface area contributed by atoms with Gasteiger partial charge >= 0.3 is 0 Å². The van der Waals surface area contributed by atoms with Crippen LogP contribution in [-0.4, -0.2) is 63.0 Å². The zero-order valence-electron chi connectivity index (χ0n) is 14.4. The van der Waals surface area contributed by atoms with E-state index in [1.807, 2.05) is 13.2 Å². The maximum atomic E-state index is 5.57. The van der Waals surface area contributed by atoms with Gasteiger partial charge in [0, 0.05) is 32.2 Å². The van der Waals surface area contributed by atoms with Crippen molar-refractivity contribution in [2.75, 3.05) is 38.2 Å². The monoisotopic (exact) mass is 330 g/mol. The first-order valence-corrected chi connectivity index (χ1v) is 8.98. The zero-order chi connectivity index (χ0) is 16.4. The predicted octanol–water partition coefficient (Wildman–Crippen LogP) is 1.81. The molecule has 7 heteroatoms. The van der Waals surface area contributed by atoms with E-state index in [-0.39, 0.29) is 5.54 Å². The molecule has 2 aromatic rings. The highest BCUT2D eigenvalue weighted by Crippen LogP contribution is 2.35. The molecular weight excluding hydrogens is 304 g/mol. The predicted molar refractivity (Wildman–Crippen MR) is 93.0 cm³/mol. The second-order valence-electron chi connectivity index (χ2n) is 6.97. The molecule has 4 rings (SSSR count). The highest BCUT2D eigenvalue weighted by atomic mass is 16.5. The minimum absolute atomic E-state index is 0.224. The largest absolute Gasteiger partial charge is 0.379 e. The van der Waals surface area contributed by atoms with Crippen molar-refractivity contribution in [2.24, 2.45) is 7.05 Å². The molecule has 2 aliphatic rings. The molecule has 0 atom stereocenters. The summed E-state index contributed by atoms with van der Waals surface area (Å²) in [5.41, 5.74) is 1.10. The van der Waals surface area contributed by atoms with Crippen LogP contribution in [0.2, 0.25) is 0 Å². The third kappa shape index (κ3) is 2.86.